The van der Waals surface area contributed by atoms with Gasteiger partial charge in [-0.05, 0) is 63.7 Å². The van der Waals surface area contributed by atoms with Crippen LogP contribution in [0.15, 0.2) is 48.8 Å². The van der Waals surface area contributed by atoms with Crippen molar-refractivity contribution in [3.63, 3.8) is 0 Å². The fraction of sp³-hybridized carbons (Fsp3) is 0.481. The Bertz CT molecular complexity index is 1230. The maximum Gasteiger partial charge on any atom is 0.229 e. The number of anilines is 5. The van der Waals surface area contributed by atoms with Crippen molar-refractivity contribution in [2.45, 2.75) is 44.2 Å². The van der Waals surface area contributed by atoms with E-state index < -0.39 is 0 Å². The number of ether oxygens (including phenoxy) is 1. The van der Waals surface area contributed by atoms with Crippen LogP contribution in [0.4, 0.5) is 29.0 Å². The summed E-state index contributed by atoms with van der Waals surface area (Å²) in [4.78, 5) is 16.7. The molecule has 2 atom stereocenters. The van der Waals surface area contributed by atoms with Crippen LogP contribution >= 0.6 is 0 Å². The number of fused-ring (bicyclic) bond motifs is 3. The van der Waals surface area contributed by atoms with E-state index in [1.807, 2.05) is 18.3 Å². The first kappa shape index (κ1) is 23.1. The Balaban J connectivity index is 1.29. The van der Waals surface area contributed by atoms with Crippen molar-refractivity contribution in [1.82, 2.24) is 25.1 Å². The smallest absolute Gasteiger partial charge is 0.229 e. The largest absolute Gasteiger partial charge is 0.374 e. The summed E-state index contributed by atoms with van der Waals surface area (Å²) in [6.45, 7) is 11.4. The zero-order valence-corrected chi connectivity index (χ0v) is 21.5. The molecule has 2 aromatic heterocycles. The van der Waals surface area contributed by atoms with E-state index in [0.717, 1.165) is 55.5 Å². The summed E-state index contributed by atoms with van der Waals surface area (Å²) in [5.41, 5.74) is 2.84. The number of hydrogen-bond donors (Lipinski definition) is 1. The Morgan fingerprint density at radius 1 is 1.03 bits per heavy atom. The molecule has 188 valence electrons. The Kier molecular flexibility index (Phi) is 5.57. The first-order valence-electron chi connectivity index (χ1n) is 12.7. The van der Waals surface area contributed by atoms with Crippen molar-refractivity contribution in [2.75, 3.05) is 55.0 Å². The maximum atomic E-state index is 6.28. The van der Waals surface area contributed by atoms with Gasteiger partial charge in [0, 0.05) is 60.9 Å². The number of aromatic nitrogens is 4. The highest BCUT2D eigenvalue weighted by Gasteiger charge is 2.55. The van der Waals surface area contributed by atoms with E-state index in [1.54, 1.807) is 6.20 Å². The van der Waals surface area contributed by atoms with Gasteiger partial charge in [0.2, 0.25) is 5.95 Å². The Hall–Kier alpha value is -3.30. The topological polar surface area (TPSA) is 82.5 Å². The molecule has 36 heavy (non-hydrogen) atoms. The first-order valence-corrected chi connectivity index (χ1v) is 12.7. The van der Waals surface area contributed by atoms with Crippen LogP contribution in [-0.2, 0) is 10.2 Å². The molecule has 0 unspecified atom stereocenters. The predicted octanol–water partition coefficient (Wildman–Crippen LogP) is 3.74. The van der Waals surface area contributed by atoms with Gasteiger partial charge in [0.05, 0.1) is 18.2 Å². The van der Waals surface area contributed by atoms with Crippen molar-refractivity contribution in [1.29, 1.82) is 0 Å². The molecule has 0 amide bonds. The van der Waals surface area contributed by atoms with Crippen LogP contribution in [0.2, 0.25) is 0 Å². The molecule has 1 aromatic carbocycles. The summed E-state index contributed by atoms with van der Waals surface area (Å²) >= 11 is 0. The summed E-state index contributed by atoms with van der Waals surface area (Å²) in [7, 11) is 2.18. The lowest BCUT2D eigenvalue weighted by atomic mass is 9.73. The van der Waals surface area contributed by atoms with Crippen LogP contribution < -0.4 is 15.1 Å². The summed E-state index contributed by atoms with van der Waals surface area (Å²) in [6.07, 6.45) is 4.51. The first-order chi connectivity index (χ1) is 17.3. The molecule has 0 radical (unpaired) electrons. The van der Waals surface area contributed by atoms with Gasteiger partial charge < -0.3 is 24.8 Å². The van der Waals surface area contributed by atoms with Crippen molar-refractivity contribution >= 4 is 29.0 Å². The highest BCUT2D eigenvalue weighted by molar-refractivity contribution is 5.71. The molecule has 2 fully saturated rings. The molecular weight excluding hydrogens is 452 g/mol. The number of nitrogens with one attached hydrogen (secondary N) is 1. The predicted molar refractivity (Wildman–Crippen MR) is 141 cm³/mol. The van der Waals surface area contributed by atoms with Crippen LogP contribution in [0.1, 0.15) is 32.8 Å². The minimum absolute atomic E-state index is 0.153. The van der Waals surface area contributed by atoms with Gasteiger partial charge in [-0.2, -0.15) is 10.1 Å². The van der Waals surface area contributed by atoms with Gasteiger partial charge >= 0.3 is 0 Å². The van der Waals surface area contributed by atoms with Gasteiger partial charge in [0.25, 0.3) is 0 Å². The number of piperazine rings is 1. The minimum Gasteiger partial charge on any atom is -0.374 e. The van der Waals surface area contributed by atoms with Crippen LogP contribution in [0.5, 0.6) is 0 Å². The fourth-order valence-corrected chi connectivity index (χ4v) is 5.63. The standard InChI is InChI=1S/C27H34N8O/c1-26(2)16-22-27(3,18-36-26)21-17-28-25(31-24(21)35(22)23-6-5-11-29-32-23)30-19-7-9-20(10-8-19)34-14-12-33(4)13-15-34/h5-11,17,22H,12-16,18H2,1-4H3,(H,28,30,31)/t22-,27-/m1/s1. The lowest BCUT2D eigenvalue weighted by Crippen LogP contribution is -2.54. The highest BCUT2D eigenvalue weighted by atomic mass is 16.5. The third-order valence-electron chi connectivity index (χ3n) is 7.90. The van der Waals surface area contributed by atoms with Gasteiger partial charge in [-0.3, -0.25) is 0 Å². The molecule has 3 aliphatic rings. The maximum absolute atomic E-state index is 6.28. The van der Waals surface area contributed by atoms with Crippen molar-refractivity contribution < 1.29 is 4.74 Å². The second-order valence-corrected chi connectivity index (χ2v) is 11.0. The SMILES string of the molecule is CN1CCN(c2ccc(Nc3ncc4c(n3)N(c3cccnn3)[C@@H]3CC(C)(C)OC[C@]43C)cc2)CC1. The molecule has 1 N–H and O–H groups in total. The molecule has 9 heteroatoms. The average Bonchev–Trinajstić information content (AvgIpc) is 3.12. The van der Waals surface area contributed by atoms with Crippen molar-refractivity contribution in [3.05, 3.63) is 54.4 Å². The van der Waals surface area contributed by atoms with E-state index in [-0.39, 0.29) is 17.1 Å². The second kappa shape index (κ2) is 8.67. The van der Waals surface area contributed by atoms with E-state index in [1.165, 1.54) is 5.69 Å². The summed E-state index contributed by atoms with van der Waals surface area (Å²) < 4.78 is 6.28. The van der Waals surface area contributed by atoms with Crippen LogP contribution in [-0.4, -0.2) is 76.5 Å². The number of benzene rings is 1. The molecule has 0 spiro atoms. The number of likely N-dealkylation sites (N-methyl/N-ethyl adjacent to an activating group) is 1. The zero-order chi connectivity index (χ0) is 24.9. The third kappa shape index (κ3) is 4.06. The Morgan fingerprint density at radius 3 is 2.53 bits per heavy atom. The number of rotatable bonds is 4. The molecule has 6 rings (SSSR count). The normalized spacial score (nSPS) is 25.4. The summed E-state index contributed by atoms with van der Waals surface area (Å²) in [5, 5.41) is 12.0. The molecule has 0 bridgehead atoms. The monoisotopic (exact) mass is 486 g/mol. The molecule has 0 aliphatic carbocycles. The van der Waals surface area contributed by atoms with Gasteiger partial charge in [-0.15, -0.1) is 5.10 Å². The third-order valence-corrected chi connectivity index (χ3v) is 7.90. The van der Waals surface area contributed by atoms with Crippen molar-refractivity contribution in [2.24, 2.45) is 0 Å². The quantitative estimate of drug-likeness (QED) is 0.593. The second-order valence-electron chi connectivity index (χ2n) is 11.0. The van der Waals surface area contributed by atoms with Gasteiger partial charge in [0.15, 0.2) is 5.82 Å². The van der Waals surface area contributed by atoms with E-state index in [4.69, 9.17) is 14.7 Å². The van der Waals surface area contributed by atoms with Gasteiger partial charge in [-0.1, -0.05) is 6.92 Å². The van der Waals surface area contributed by atoms with E-state index >= 15 is 0 Å². The van der Waals surface area contributed by atoms with E-state index in [2.05, 4.69) is 82.3 Å². The van der Waals surface area contributed by atoms with Crippen LogP contribution in [0.3, 0.4) is 0 Å². The highest BCUT2D eigenvalue weighted by Crippen LogP contribution is 2.52. The van der Waals surface area contributed by atoms with Crippen LogP contribution in [0, 0.1) is 0 Å². The fourth-order valence-electron chi connectivity index (χ4n) is 5.63. The Morgan fingerprint density at radius 2 is 1.81 bits per heavy atom. The lowest BCUT2D eigenvalue weighted by molar-refractivity contribution is -0.0893. The van der Waals surface area contributed by atoms with Crippen molar-refractivity contribution in [3.8, 4) is 0 Å². The molecule has 3 aliphatic heterocycles. The molecule has 9 nitrogen and oxygen atoms in total. The summed E-state index contributed by atoms with van der Waals surface area (Å²) in [6, 6.07) is 12.6. The van der Waals surface area contributed by atoms with Gasteiger partial charge in [-0.25, -0.2) is 4.98 Å². The molecule has 2 saturated heterocycles. The average molecular weight is 487 g/mol. The minimum atomic E-state index is -0.231. The van der Waals surface area contributed by atoms with Gasteiger partial charge in [0.1, 0.15) is 5.82 Å². The Labute approximate surface area is 212 Å². The molecular formula is C27H34N8O. The molecule has 0 saturated carbocycles. The van der Waals surface area contributed by atoms with E-state index in [0.29, 0.717) is 12.6 Å². The summed E-state index contributed by atoms with van der Waals surface area (Å²) in [5.74, 6) is 2.24. The van der Waals surface area contributed by atoms with E-state index in [9.17, 15) is 0 Å². The van der Waals surface area contributed by atoms with Crippen LogP contribution in [0.25, 0.3) is 0 Å². The number of nitrogens with zero attached hydrogens (tertiary/aromatic N) is 7. The lowest BCUT2D eigenvalue weighted by Gasteiger charge is -2.46. The zero-order valence-electron chi connectivity index (χ0n) is 21.5. The molecule has 5 heterocycles. The molecule has 3 aromatic rings. The number of hydrogen-bond acceptors (Lipinski definition) is 9.